The molecule has 0 spiro atoms. The van der Waals surface area contributed by atoms with Gasteiger partial charge in [-0.2, -0.15) is 5.10 Å². The third-order valence-electron chi connectivity index (χ3n) is 3.06. The lowest BCUT2D eigenvalue weighted by Crippen LogP contribution is -2.22. The quantitative estimate of drug-likeness (QED) is 0.922. The summed E-state index contributed by atoms with van der Waals surface area (Å²) in [6.45, 7) is 6.81. The van der Waals surface area contributed by atoms with E-state index in [1.54, 1.807) is 7.11 Å². The Labute approximate surface area is 114 Å². The van der Waals surface area contributed by atoms with Crippen LogP contribution in [0.3, 0.4) is 0 Å². The summed E-state index contributed by atoms with van der Waals surface area (Å²) in [6.07, 6.45) is 2.02. The highest BCUT2D eigenvalue weighted by molar-refractivity contribution is 5.69. The number of ether oxygens (including phenoxy) is 1. The van der Waals surface area contributed by atoms with Gasteiger partial charge in [-0.25, -0.2) is 0 Å². The summed E-state index contributed by atoms with van der Waals surface area (Å²) in [4.78, 5) is 0. The summed E-state index contributed by atoms with van der Waals surface area (Å²) in [5, 5.41) is 4.69. The summed E-state index contributed by atoms with van der Waals surface area (Å²) >= 11 is 0. The average Bonchev–Trinajstić information content (AvgIpc) is 2.82. The smallest absolute Gasteiger partial charge is 0.128 e. The Morgan fingerprint density at radius 1 is 1.26 bits per heavy atom. The zero-order valence-electron chi connectivity index (χ0n) is 12.0. The van der Waals surface area contributed by atoms with E-state index in [0.717, 1.165) is 22.6 Å². The first kappa shape index (κ1) is 13.6. The van der Waals surface area contributed by atoms with E-state index in [-0.39, 0.29) is 5.54 Å². The maximum Gasteiger partial charge on any atom is 0.128 e. The first-order chi connectivity index (χ1) is 8.97. The van der Waals surface area contributed by atoms with Crippen molar-refractivity contribution in [3.05, 3.63) is 36.0 Å². The zero-order chi connectivity index (χ0) is 14.0. The Balaban J connectivity index is 2.58. The van der Waals surface area contributed by atoms with Crippen molar-refractivity contribution in [2.75, 3.05) is 7.11 Å². The second kappa shape index (κ2) is 5.05. The molecule has 1 heterocycles. The molecule has 0 saturated heterocycles. The molecule has 2 rings (SSSR count). The van der Waals surface area contributed by atoms with Crippen LogP contribution >= 0.6 is 0 Å². The van der Waals surface area contributed by atoms with Gasteiger partial charge >= 0.3 is 0 Å². The normalized spacial score (nSPS) is 11.6. The minimum absolute atomic E-state index is 0.0653. The molecular formula is C15H21N3O. The van der Waals surface area contributed by atoms with Crippen molar-refractivity contribution >= 4 is 0 Å². The van der Waals surface area contributed by atoms with Crippen LogP contribution in [0.1, 0.15) is 26.3 Å². The minimum atomic E-state index is -0.0653. The average molecular weight is 259 g/mol. The van der Waals surface area contributed by atoms with Crippen LogP contribution < -0.4 is 10.5 Å². The molecule has 0 amide bonds. The number of hydrogen-bond donors (Lipinski definition) is 1. The summed E-state index contributed by atoms with van der Waals surface area (Å²) in [5.41, 5.74) is 8.68. The van der Waals surface area contributed by atoms with Crippen LogP contribution in [0, 0.1) is 0 Å². The van der Waals surface area contributed by atoms with E-state index >= 15 is 0 Å². The lowest BCUT2D eigenvalue weighted by Gasteiger charge is -2.19. The molecule has 2 aromatic rings. The van der Waals surface area contributed by atoms with Gasteiger partial charge in [0.25, 0.3) is 0 Å². The first-order valence-electron chi connectivity index (χ1n) is 6.40. The summed E-state index contributed by atoms with van der Waals surface area (Å²) in [7, 11) is 1.67. The Morgan fingerprint density at radius 2 is 1.95 bits per heavy atom. The van der Waals surface area contributed by atoms with Gasteiger partial charge in [0, 0.05) is 23.9 Å². The maximum absolute atomic E-state index is 5.84. The van der Waals surface area contributed by atoms with Gasteiger partial charge in [0.05, 0.1) is 12.6 Å². The third-order valence-corrected chi connectivity index (χ3v) is 3.06. The molecule has 1 aromatic heterocycles. The molecule has 0 unspecified atom stereocenters. The van der Waals surface area contributed by atoms with E-state index in [1.165, 1.54) is 0 Å². The highest BCUT2D eigenvalue weighted by atomic mass is 16.5. The van der Waals surface area contributed by atoms with Crippen molar-refractivity contribution in [2.24, 2.45) is 5.73 Å². The molecule has 0 aliphatic rings. The van der Waals surface area contributed by atoms with E-state index < -0.39 is 0 Å². The number of nitrogens with two attached hydrogens (primary N) is 1. The standard InChI is InChI=1S/C15H21N3O/c1-15(2,3)18-10-11(9-16)14(17-18)12-7-5-6-8-13(12)19-4/h5-8,10H,9,16H2,1-4H3. The Morgan fingerprint density at radius 3 is 2.53 bits per heavy atom. The van der Waals surface area contributed by atoms with Gasteiger partial charge < -0.3 is 10.5 Å². The van der Waals surface area contributed by atoms with Crippen LogP contribution in [0.5, 0.6) is 5.75 Å². The fraction of sp³-hybridized carbons (Fsp3) is 0.400. The Hall–Kier alpha value is -1.81. The topological polar surface area (TPSA) is 53.1 Å². The molecule has 2 N–H and O–H groups in total. The van der Waals surface area contributed by atoms with E-state index in [0.29, 0.717) is 6.54 Å². The SMILES string of the molecule is COc1ccccc1-c1nn(C(C)(C)C)cc1CN. The monoisotopic (exact) mass is 259 g/mol. The number of nitrogens with zero attached hydrogens (tertiary/aromatic N) is 2. The fourth-order valence-electron chi connectivity index (χ4n) is 1.97. The number of benzene rings is 1. The molecule has 0 radical (unpaired) electrons. The van der Waals surface area contributed by atoms with Crippen LogP contribution in [0.25, 0.3) is 11.3 Å². The summed E-state index contributed by atoms with van der Waals surface area (Å²) < 4.78 is 7.36. The lowest BCUT2D eigenvalue weighted by atomic mass is 10.1. The molecule has 0 aliphatic heterocycles. The van der Waals surface area contributed by atoms with Crippen molar-refractivity contribution in [3.8, 4) is 17.0 Å². The predicted molar refractivity (Wildman–Crippen MR) is 77.1 cm³/mol. The number of methoxy groups -OCH3 is 1. The largest absolute Gasteiger partial charge is 0.496 e. The van der Waals surface area contributed by atoms with Crippen molar-refractivity contribution in [2.45, 2.75) is 32.9 Å². The third kappa shape index (κ3) is 2.63. The molecule has 0 bridgehead atoms. The maximum atomic E-state index is 5.84. The van der Waals surface area contributed by atoms with E-state index in [4.69, 9.17) is 10.5 Å². The highest BCUT2D eigenvalue weighted by Gasteiger charge is 2.19. The van der Waals surface area contributed by atoms with Gasteiger partial charge in [0.1, 0.15) is 11.4 Å². The molecule has 1 aromatic carbocycles. The number of para-hydroxylation sites is 1. The summed E-state index contributed by atoms with van der Waals surface area (Å²) in [5.74, 6) is 0.816. The highest BCUT2D eigenvalue weighted by Crippen LogP contribution is 2.31. The van der Waals surface area contributed by atoms with E-state index in [9.17, 15) is 0 Å². The zero-order valence-corrected chi connectivity index (χ0v) is 12.0. The molecule has 4 heteroatoms. The van der Waals surface area contributed by atoms with Gasteiger partial charge in [-0.05, 0) is 32.9 Å². The molecule has 0 saturated carbocycles. The Kier molecular flexibility index (Phi) is 3.62. The predicted octanol–water partition coefficient (Wildman–Crippen LogP) is 2.77. The molecule has 0 atom stereocenters. The van der Waals surface area contributed by atoms with Crippen molar-refractivity contribution in [3.63, 3.8) is 0 Å². The fourth-order valence-corrected chi connectivity index (χ4v) is 1.97. The van der Waals surface area contributed by atoms with Gasteiger partial charge in [-0.3, -0.25) is 4.68 Å². The van der Waals surface area contributed by atoms with Crippen LogP contribution in [-0.4, -0.2) is 16.9 Å². The first-order valence-corrected chi connectivity index (χ1v) is 6.40. The lowest BCUT2D eigenvalue weighted by molar-refractivity contribution is 0.356. The van der Waals surface area contributed by atoms with Crippen LogP contribution in [0.15, 0.2) is 30.5 Å². The van der Waals surface area contributed by atoms with Crippen molar-refractivity contribution < 1.29 is 4.74 Å². The second-order valence-electron chi connectivity index (χ2n) is 5.52. The molecular weight excluding hydrogens is 238 g/mol. The van der Waals surface area contributed by atoms with Crippen molar-refractivity contribution in [1.82, 2.24) is 9.78 Å². The molecule has 102 valence electrons. The van der Waals surface area contributed by atoms with Gasteiger partial charge in [0.2, 0.25) is 0 Å². The van der Waals surface area contributed by atoms with E-state index in [1.807, 2.05) is 35.1 Å². The van der Waals surface area contributed by atoms with Crippen LogP contribution in [0.2, 0.25) is 0 Å². The summed E-state index contributed by atoms with van der Waals surface area (Å²) in [6, 6.07) is 7.87. The molecule has 4 nitrogen and oxygen atoms in total. The van der Waals surface area contributed by atoms with Crippen LogP contribution in [0.4, 0.5) is 0 Å². The molecule has 0 fully saturated rings. The van der Waals surface area contributed by atoms with Gasteiger partial charge in [0.15, 0.2) is 0 Å². The van der Waals surface area contributed by atoms with Crippen LogP contribution in [-0.2, 0) is 12.1 Å². The van der Waals surface area contributed by atoms with Gasteiger partial charge in [-0.15, -0.1) is 0 Å². The van der Waals surface area contributed by atoms with Gasteiger partial charge in [-0.1, -0.05) is 12.1 Å². The number of aromatic nitrogens is 2. The number of rotatable bonds is 3. The Bertz CT molecular complexity index is 567. The van der Waals surface area contributed by atoms with Crippen molar-refractivity contribution in [1.29, 1.82) is 0 Å². The second-order valence-corrected chi connectivity index (χ2v) is 5.52. The number of hydrogen-bond acceptors (Lipinski definition) is 3. The van der Waals surface area contributed by atoms with E-state index in [2.05, 4.69) is 25.9 Å². The minimum Gasteiger partial charge on any atom is -0.496 e. The molecule has 0 aliphatic carbocycles. The molecule has 19 heavy (non-hydrogen) atoms.